The second-order valence-electron chi connectivity index (χ2n) is 6.84. The molecule has 0 bridgehead atoms. The van der Waals surface area contributed by atoms with Gasteiger partial charge in [0.05, 0.1) is 44.2 Å². The number of aliphatic hydroxyl groups excluding tert-OH is 6. The van der Waals surface area contributed by atoms with E-state index in [0.717, 1.165) is 6.26 Å². The summed E-state index contributed by atoms with van der Waals surface area (Å²) in [4.78, 5) is 12.0. The molecule has 2 aliphatic heterocycles. The lowest BCUT2D eigenvalue weighted by Gasteiger charge is -2.43. The van der Waals surface area contributed by atoms with Crippen molar-refractivity contribution >= 4 is 5.97 Å². The van der Waals surface area contributed by atoms with E-state index in [1.165, 1.54) is 13.2 Å². The predicted octanol–water partition coefficient (Wildman–Crippen LogP) is -3.26. The molecule has 0 amide bonds. The average molecular weight is 404 g/mol. The Morgan fingerprint density at radius 2 is 1.79 bits per heavy atom. The Kier molecular flexibility index (Phi) is 6.37. The molecule has 0 aromatic carbocycles. The maximum absolute atomic E-state index is 12.0. The summed E-state index contributed by atoms with van der Waals surface area (Å²) in [6, 6.07) is 0. The first-order valence-corrected chi connectivity index (χ1v) is 8.73. The van der Waals surface area contributed by atoms with Crippen molar-refractivity contribution in [1.29, 1.82) is 0 Å². The van der Waals surface area contributed by atoms with Crippen LogP contribution in [0.15, 0.2) is 23.5 Å². The molecule has 0 spiro atoms. The van der Waals surface area contributed by atoms with Crippen molar-refractivity contribution in [2.24, 2.45) is 11.8 Å². The lowest BCUT2D eigenvalue weighted by molar-refractivity contribution is -0.340. The molecular weight excluding hydrogens is 380 g/mol. The number of carbonyl (C=O) groups excluding carboxylic acids is 1. The van der Waals surface area contributed by atoms with E-state index >= 15 is 0 Å². The number of ether oxygens (including phenoxy) is 4. The zero-order chi connectivity index (χ0) is 20.6. The van der Waals surface area contributed by atoms with Crippen LogP contribution in [0.2, 0.25) is 0 Å². The highest BCUT2D eigenvalue weighted by Gasteiger charge is 2.52. The third kappa shape index (κ3) is 3.55. The molecule has 3 rings (SSSR count). The number of hydrogen-bond acceptors (Lipinski definition) is 11. The van der Waals surface area contributed by atoms with Gasteiger partial charge in [-0.25, -0.2) is 4.79 Å². The van der Waals surface area contributed by atoms with Gasteiger partial charge in [0.15, 0.2) is 6.29 Å². The second kappa shape index (κ2) is 8.43. The zero-order valence-electron chi connectivity index (χ0n) is 15.0. The van der Waals surface area contributed by atoms with Crippen molar-refractivity contribution in [3.8, 4) is 0 Å². The van der Waals surface area contributed by atoms with E-state index in [9.17, 15) is 35.4 Å². The fourth-order valence-electron chi connectivity index (χ4n) is 3.79. The maximum Gasteiger partial charge on any atom is 0.337 e. The molecule has 1 fully saturated rings. The molecule has 28 heavy (non-hydrogen) atoms. The minimum absolute atomic E-state index is 0.0494. The molecule has 0 aromatic rings. The van der Waals surface area contributed by atoms with Gasteiger partial charge in [-0.05, 0) is 5.57 Å². The van der Waals surface area contributed by atoms with Crippen LogP contribution >= 0.6 is 0 Å². The molecule has 6 N–H and O–H groups in total. The quantitative estimate of drug-likeness (QED) is 0.200. The number of hydrogen-bond donors (Lipinski definition) is 6. The number of carbonyl (C=O) groups is 1. The molecule has 1 saturated heterocycles. The Balaban J connectivity index is 1.84. The lowest BCUT2D eigenvalue weighted by Crippen LogP contribution is -2.60. The summed E-state index contributed by atoms with van der Waals surface area (Å²) in [5, 5.41) is 59.1. The molecule has 0 saturated carbocycles. The molecule has 9 atom stereocenters. The van der Waals surface area contributed by atoms with E-state index in [1.54, 1.807) is 0 Å². The monoisotopic (exact) mass is 404 g/mol. The number of methoxy groups -OCH3 is 1. The van der Waals surface area contributed by atoms with Gasteiger partial charge < -0.3 is 49.6 Å². The summed E-state index contributed by atoms with van der Waals surface area (Å²) in [6.45, 7) is -1.07. The van der Waals surface area contributed by atoms with Crippen LogP contribution in [0.3, 0.4) is 0 Å². The van der Waals surface area contributed by atoms with E-state index in [1.807, 2.05) is 0 Å². The van der Waals surface area contributed by atoms with Crippen molar-refractivity contribution in [1.82, 2.24) is 0 Å². The van der Waals surface area contributed by atoms with E-state index in [4.69, 9.17) is 18.9 Å². The summed E-state index contributed by atoms with van der Waals surface area (Å²) in [7, 11) is 1.18. The number of rotatable bonds is 5. The van der Waals surface area contributed by atoms with Crippen LogP contribution in [-0.2, 0) is 23.7 Å². The molecule has 158 valence electrons. The van der Waals surface area contributed by atoms with Crippen molar-refractivity contribution in [2.75, 3.05) is 20.3 Å². The maximum atomic E-state index is 12.0. The van der Waals surface area contributed by atoms with E-state index in [0.29, 0.717) is 5.57 Å². The topological polar surface area (TPSA) is 175 Å². The summed E-state index contributed by atoms with van der Waals surface area (Å²) < 4.78 is 21.1. The second-order valence-corrected chi connectivity index (χ2v) is 6.84. The van der Waals surface area contributed by atoms with Crippen LogP contribution in [0.1, 0.15) is 0 Å². The zero-order valence-corrected chi connectivity index (χ0v) is 15.0. The largest absolute Gasteiger partial charge is 0.471 e. The van der Waals surface area contributed by atoms with Gasteiger partial charge in [-0.1, -0.05) is 6.08 Å². The summed E-state index contributed by atoms with van der Waals surface area (Å²) in [5.74, 6) is -2.34. The summed E-state index contributed by atoms with van der Waals surface area (Å²) >= 11 is 0. The van der Waals surface area contributed by atoms with Crippen molar-refractivity contribution in [2.45, 2.75) is 43.1 Å². The first-order valence-electron chi connectivity index (χ1n) is 8.73. The first-order chi connectivity index (χ1) is 13.3. The number of esters is 1. The Bertz CT molecular complexity index is 645. The van der Waals surface area contributed by atoms with Crippen LogP contribution in [-0.4, -0.2) is 100 Å². The van der Waals surface area contributed by atoms with Crippen molar-refractivity contribution < 1.29 is 54.4 Å². The highest BCUT2D eigenvalue weighted by atomic mass is 16.8. The van der Waals surface area contributed by atoms with E-state index in [2.05, 4.69) is 0 Å². The van der Waals surface area contributed by atoms with E-state index in [-0.39, 0.29) is 5.57 Å². The molecule has 0 aromatic heterocycles. The van der Waals surface area contributed by atoms with Crippen molar-refractivity contribution in [3.05, 3.63) is 23.5 Å². The Morgan fingerprint density at radius 1 is 1.07 bits per heavy atom. The normalized spacial score (nSPS) is 42.9. The molecule has 0 radical (unpaired) electrons. The molecule has 2 heterocycles. The molecular formula is C17H24O11. The van der Waals surface area contributed by atoms with Crippen LogP contribution in [0.5, 0.6) is 0 Å². The van der Waals surface area contributed by atoms with Gasteiger partial charge >= 0.3 is 5.97 Å². The minimum atomic E-state index is -1.65. The Labute approximate surface area is 160 Å². The molecule has 3 aliphatic rings. The van der Waals surface area contributed by atoms with Gasteiger partial charge in [0.25, 0.3) is 0 Å². The Morgan fingerprint density at radius 3 is 2.39 bits per heavy atom. The molecule has 11 nitrogen and oxygen atoms in total. The highest BCUT2D eigenvalue weighted by molar-refractivity contribution is 5.89. The minimum Gasteiger partial charge on any atom is -0.471 e. The number of fused-ring (bicyclic) bond motifs is 1. The van der Waals surface area contributed by atoms with Gasteiger partial charge in [-0.2, -0.15) is 0 Å². The van der Waals surface area contributed by atoms with Crippen LogP contribution < -0.4 is 0 Å². The summed E-state index contributed by atoms with van der Waals surface area (Å²) in [6.07, 6.45) is -7.36. The van der Waals surface area contributed by atoms with Crippen LogP contribution in [0.4, 0.5) is 0 Å². The fraction of sp³-hybridized carbons (Fsp3) is 0.706. The van der Waals surface area contributed by atoms with Gasteiger partial charge in [-0.3, -0.25) is 0 Å². The van der Waals surface area contributed by atoms with Crippen LogP contribution in [0, 0.1) is 11.8 Å². The lowest BCUT2D eigenvalue weighted by atomic mass is 9.82. The molecule has 1 aliphatic carbocycles. The average Bonchev–Trinajstić information content (AvgIpc) is 3.05. The van der Waals surface area contributed by atoms with Gasteiger partial charge in [0.2, 0.25) is 6.29 Å². The number of aliphatic hydroxyl groups is 6. The fourth-order valence-corrected chi connectivity index (χ4v) is 3.79. The van der Waals surface area contributed by atoms with Gasteiger partial charge in [-0.15, -0.1) is 0 Å². The first kappa shape index (κ1) is 21.1. The standard InChI is InChI=1S/C17H24O11/c1-25-15(24)7-5-26-16(10-6(3-18)2-8(20)11(7)10)28-17-14(23)13(22)12(21)9(4-19)27-17/h2,5,8-14,16-23H,3-4H2,1H3/t8?,9?,10-,11+,12?,13?,14?,16?,17?/m1/s1. The Hall–Kier alpha value is -1.57. The van der Waals surface area contributed by atoms with Crippen molar-refractivity contribution in [3.63, 3.8) is 0 Å². The molecule has 11 heteroatoms. The highest BCUT2D eigenvalue weighted by Crippen LogP contribution is 2.44. The van der Waals surface area contributed by atoms with Crippen LogP contribution in [0.25, 0.3) is 0 Å². The third-order valence-electron chi connectivity index (χ3n) is 5.27. The summed E-state index contributed by atoms with van der Waals surface area (Å²) in [5.41, 5.74) is 0.398. The van der Waals surface area contributed by atoms with Gasteiger partial charge in [0.1, 0.15) is 24.4 Å². The molecule has 7 unspecified atom stereocenters. The SMILES string of the molecule is COC(=O)C1=COC(OC2OC(CO)C(O)C(O)C2O)[C@@H]2C(CO)=CC(O)[C@H]12. The van der Waals surface area contributed by atoms with E-state index < -0.39 is 74.1 Å². The third-order valence-corrected chi connectivity index (χ3v) is 5.27. The predicted molar refractivity (Wildman–Crippen MR) is 88.0 cm³/mol. The smallest absolute Gasteiger partial charge is 0.337 e. The van der Waals surface area contributed by atoms with Gasteiger partial charge in [0, 0.05) is 5.92 Å².